The number of halogens is 2. The minimum atomic E-state index is -0.164. The van der Waals surface area contributed by atoms with Crippen molar-refractivity contribution in [1.82, 2.24) is 9.88 Å². The van der Waals surface area contributed by atoms with Gasteiger partial charge in [-0.05, 0) is 31.9 Å². The van der Waals surface area contributed by atoms with E-state index in [0.717, 1.165) is 12.8 Å². The molecule has 4 nitrogen and oxygen atoms in total. The molecule has 0 bridgehead atoms. The molecule has 0 N–H and O–H groups in total. The fraction of sp³-hybridized carbons (Fsp3) is 0.538. The van der Waals surface area contributed by atoms with Gasteiger partial charge in [0.1, 0.15) is 10.8 Å². The number of ether oxygens (including phenoxy) is 1. The molecule has 0 spiro atoms. The van der Waals surface area contributed by atoms with Crippen LogP contribution in [0.2, 0.25) is 10.2 Å². The molecule has 0 unspecified atom stereocenters. The van der Waals surface area contributed by atoms with Crippen LogP contribution in [0.5, 0.6) is 0 Å². The van der Waals surface area contributed by atoms with E-state index in [0.29, 0.717) is 24.7 Å². The number of aromatic nitrogens is 1. The summed E-state index contributed by atoms with van der Waals surface area (Å²) in [6.45, 7) is 4.01. The summed E-state index contributed by atoms with van der Waals surface area (Å²) in [7, 11) is 0. The standard InChI is InChI=1S/C13H16Cl2N2O2/c1-2-19-9-5-7-17(8-6-9)13(18)12-10(14)3-4-11(15)16-12/h3-4,9H,2,5-8H2,1H3. The predicted molar refractivity (Wildman–Crippen MR) is 74.8 cm³/mol. The predicted octanol–water partition coefficient (Wildman–Crippen LogP) is 3.03. The molecule has 1 aliphatic rings. The monoisotopic (exact) mass is 302 g/mol. The number of likely N-dealkylation sites (tertiary alicyclic amines) is 1. The highest BCUT2D eigenvalue weighted by Crippen LogP contribution is 2.21. The number of amides is 1. The molecule has 0 saturated carbocycles. The van der Waals surface area contributed by atoms with Gasteiger partial charge in [-0.3, -0.25) is 4.79 Å². The van der Waals surface area contributed by atoms with Crippen LogP contribution in [0.1, 0.15) is 30.3 Å². The van der Waals surface area contributed by atoms with E-state index in [2.05, 4.69) is 4.98 Å². The Bertz CT molecular complexity index is 460. The fourth-order valence-electron chi connectivity index (χ4n) is 2.18. The van der Waals surface area contributed by atoms with Crippen molar-refractivity contribution in [2.75, 3.05) is 19.7 Å². The molecule has 2 rings (SSSR count). The van der Waals surface area contributed by atoms with Gasteiger partial charge in [0.15, 0.2) is 0 Å². The van der Waals surface area contributed by atoms with Gasteiger partial charge in [0, 0.05) is 19.7 Å². The van der Waals surface area contributed by atoms with Crippen molar-refractivity contribution in [3.05, 3.63) is 28.0 Å². The first-order valence-electron chi connectivity index (χ1n) is 6.34. The Morgan fingerprint density at radius 3 is 2.74 bits per heavy atom. The van der Waals surface area contributed by atoms with Gasteiger partial charge in [-0.15, -0.1) is 0 Å². The molecular weight excluding hydrogens is 287 g/mol. The van der Waals surface area contributed by atoms with Crippen LogP contribution in [0.25, 0.3) is 0 Å². The largest absolute Gasteiger partial charge is 0.378 e. The Labute approximate surface area is 122 Å². The molecule has 1 amide bonds. The Hall–Kier alpha value is -0.840. The third-order valence-electron chi connectivity index (χ3n) is 3.15. The highest BCUT2D eigenvalue weighted by atomic mass is 35.5. The van der Waals surface area contributed by atoms with Crippen molar-refractivity contribution in [3.63, 3.8) is 0 Å². The van der Waals surface area contributed by atoms with Crippen LogP contribution in [0.4, 0.5) is 0 Å². The summed E-state index contributed by atoms with van der Waals surface area (Å²) in [5.41, 5.74) is 0.226. The van der Waals surface area contributed by atoms with Crippen LogP contribution in [0, 0.1) is 0 Å². The first-order valence-corrected chi connectivity index (χ1v) is 7.10. The molecule has 0 aliphatic carbocycles. The minimum Gasteiger partial charge on any atom is -0.378 e. The zero-order valence-corrected chi connectivity index (χ0v) is 12.2. The summed E-state index contributed by atoms with van der Waals surface area (Å²) in [4.78, 5) is 18.1. The second-order valence-corrected chi connectivity index (χ2v) is 5.21. The van der Waals surface area contributed by atoms with Crippen LogP contribution < -0.4 is 0 Å². The zero-order valence-electron chi connectivity index (χ0n) is 10.7. The molecule has 19 heavy (non-hydrogen) atoms. The maximum absolute atomic E-state index is 12.3. The summed E-state index contributed by atoms with van der Waals surface area (Å²) in [6, 6.07) is 3.17. The SMILES string of the molecule is CCOC1CCN(C(=O)c2nc(Cl)ccc2Cl)CC1. The summed E-state index contributed by atoms with van der Waals surface area (Å²) >= 11 is 11.8. The number of nitrogens with zero attached hydrogens (tertiary/aromatic N) is 2. The highest BCUT2D eigenvalue weighted by molar-refractivity contribution is 6.34. The lowest BCUT2D eigenvalue weighted by molar-refractivity contribution is 0.0144. The van der Waals surface area contributed by atoms with Crippen LogP contribution in [0.15, 0.2) is 12.1 Å². The number of hydrogen-bond acceptors (Lipinski definition) is 3. The van der Waals surface area contributed by atoms with E-state index in [1.165, 1.54) is 0 Å². The molecule has 1 aliphatic heterocycles. The normalized spacial score (nSPS) is 16.7. The third-order valence-corrected chi connectivity index (χ3v) is 3.66. The number of hydrogen-bond donors (Lipinski definition) is 0. The van der Waals surface area contributed by atoms with Crippen molar-refractivity contribution in [3.8, 4) is 0 Å². The van der Waals surface area contributed by atoms with Crippen LogP contribution in [-0.2, 0) is 4.74 Å². The summed E-state index contributed by atoms with van der Waals surface area (Å²) in [5.74, 6) is -0.164. The van der Waals surface area contributed by atoms with Gasteiger partial charge < -0.3 is 9.64 Å². The molecular formula is C13H16Cl2N2O2. The second kappa shape index (κ2) is 6.55. The van der Waals surface area contributed by atoms with Crippen molar-refractivity contribution in [2.45, 2.75) is 25.9 Å². The molecule has 1 fully saturated rings. The van der Waals surface area contributed by atoms with Gasteiger partial charge in [-0.1, -0.05) is 23.2 Å². The number of piperidine rings is 1. The first-order chi connectivity index (χ1) is 9.11. The summed E-state index contributed by atoms with van der Waals surface area (Å²) in [6.07, 6.45) is 1.94. The third kappa shape index (κ3) is 3.59. The van der Waals surface area contributed by atoms with Crippen LogP contribution in [0.3, 0.4) is 0 Å². The van der Waals surface area contributed by atoms with Gasteiger partial charge in [-0.25, -0.2) is 4.98 Å². The van der Waals surface area contributed by atoms with Crippen molar-refractivity contribution in [1.29, 1.82) is 0 Å². The average Bonchev–Trinajstić information content (AvgIpc) is 2.42. The number of rotatable bonds is 3. The molecule has 1 aromatic heterocycles. The molecule has 1 saturated heterocycles. The maximum atomic E-state index is 12.3. The van der Waals surface area contributed by atoms with Crippen molar-refractivity contribution < 1.29 is 9.53 Å². The van der Waals surface area contributed by atoms with E-state index in [-0.39, 0.29) is 22.9 Å². The molecule has 6 heteroatoms. The number of carbonyl (C=O) groups is 1. The van der Waals surface area contributed by atoms with Gasteiger partial charge in [-0.2, -0.15) is 0 Å². The molecule has 0 atom stereocenters. The lowest BCUT2D eigenvalue weighted by atomic mass is 10.1. The Balaban J connectivity index is 2.03. The molecule has 1 aromatic rings. The van der Waals surface area contributed by atoms with E-state index in [9.17, 15) is 4.79 Å². The molecule has 2 heterocycles. The molecule has 104 valence electrons. The molecule has 0 aromatic carbocycles. The lowest BCUT2D eigenvalue weighted by Crippen LogP contribution is -2.41. The summed E-state index contributed by atoms with van der Waals surface area (Å²) < 4.78 is 5.56. The van der Waals surface area contributed by atoms with Crippen molar-refractivity contribution in [2.24, 2.45) is 0 Å². The molecule has 0 radical (unpaired) electrons. The van der Waals surface area contributed by atoms with Gasteiger partial charge in [0.2, 0.25) is 0 Å². The Kier molecular flexibility index (Phi) is 5.02. The number of carbonyl (C=O) groups excluding carboxylic acids is 1. The maximum Gasteiger partial charge on any atom is 0.274 e. The second-order valence-electron chi connectivity index (χ2n) is 4.41. The Morgan fingerprint density at radius 1 is 1.42 bits per heavy atom. The van der Waals surface area contributed by atoms with Crippen LogP contribution in [-0.4, -0.2) is 41.6 Å². The zero-order chi connectivity index (χ0) is 13.8. The minimum absolute atomic E-state index is 0.164. The van der Waals surface area contributed by atoms with E-state index in [1.807, 2.05) is 6.92 Å². The summed E-state index contributed by atoms with van der Waals surface area (Å²) in [5, 5.41) is 0.610. The average molecular weight is 303 g/mol. The highest BCUT2D eigenvalue weighted by Gasteiger charge is 2.26. The smallest absolute Gasteiger partial charge is 0.274 e. The quantitative estimate of drug-likeness (QED) is 0.806. The van der Waals surface area contributed by atoms with Gasteiger partial charge in [0.25, 0.3) is 5.91 Å². The van der Waals surface area contributed by atoms with Crippen LogP contribution >= 0.6 is 23.2 Å². The lowest BCUT2D eigenvalue weighted by Gasteiger charge is -2.31. The van der Waals surface area contributed by atoms with E-state index < -0.39 is 0 Å². The number of pyridine rings is 1. The first kappa shape index (κ1) is 14.6. The van der Waals surface area contributed by atoms with E-state index >= 15 is 0 Å². The van der Waals surface area contributed by atoms with Gasteiger partial charge >= 0.3 is 0 Å². The Morgan fingerprint density at radius 2 is 2.11 bits per heavy atom. The van der Waals surface area contributed by atoms with E-state index in [1.54, 1.807) is 17.0 Å². The topological polar surface area (TPSA) is 42.4 Å². The van der Waals surface area contributed by atoms with Crippen molar-refractivity contribution >= 4 is 29.1 Å². The van der Waals surface area contributed by atoms with Gasteiger partial charge in [0.05, 0.1) is 11.1 Å². The fourth-order valence-corrected chi connectivity index (χ4v) is 2.51. The van der Waals surface area contributed by atoms with E-state index in [4.69, 9.17) is 27.9 Å².